The van der Waals surface area contributed by atoms with Gasteiger partial charge in [0.25, 0.3) is 0 Å². The Hall–Kier alpha value is -6.91. The van der Waals surface area contributed by atoms with Gasteiger partial charge in [0.2, 0.25) is 0 Å². The lowest BCUT2D eigenvalue weighted by Gasteiger charge is -2.17. The monoisotopic (exact) mass is 653 g/mol. The highest BCUT2D eigenvalue weighted by atomic mass is 16.3. The van der Waals surface area contributed by atoms with Crippen LogP contribution < -0.4 is 0 Å². The lowest BCUT2D eigenvalue weighted by Crippen LogP contribution is -2.01. The largest absolute Gasteiger partial charge is 0.507 e. The molecule has 0 aliphatic heterocycles. The van der Waals surface area contributed by atoms with Crippen molar-refractivity contribution in [2.45, 2.75) is 0 Å². The van der Waals surface area contributed by atoms with Crippen molar-refractivity contribution in [2.24, 2.45) is 0 Å². The molecule has 0 aliphatic carbocycles. The van der Waals surface area contributed by atoms with Crippen LogP contribution in [0.25, 0.3) is 89.1 Å². The highest BCUT2D eigenvalue weighted by Crippen LogP contribution is 2.45. The van der Waals surface area contributed by atoms with E-state index >= 15 is 0 Å². The second-order valence-corrected chi connectivity index (χ2v) is 12.6. The van der Waals surface area contributed by atoms with E-state index in [9.17, 15) is 5.11 Å². The third-order valence-corrected chi connectivity index (χ3v) is 9.47. The van der Waals surface area contributed by atoms with Crippen molar-refractivity contribution in [1.29, 1.82) is 0 Å². The number of benzene rings is 8. The average Bonchev–Trinajstić information content (AvgIpc) is 3.21. The zero-order valence-electron chi connectivity index (χ0n) is 27.6. The average molecular weight is 654 g/mol. The van der Waals surface area contributed by atoms with Gasteiger partial charge in [-0.15, -0.1) is 0 Å². The number of fused-ring (bicyclic) bond motifs is 2. The Bertz CT molecular complexity index is 2680. The van der Waals surface area contributed by atoms with Crippen LogP contribution in [0, 0.1) is 0 Å². The Kier molecular flexibility index (Phi) is 7.60. The van der Waals surface area contributed by atoms with Crippen molar-refractivity contribution in [1.82, 2.24) is 15.0 Å². The zero-order valence-corrected chi connectivity index (χ0v) is 27.6. The molecular formula is C47H31N3O. The number of phenolic OH excluding ortho intramolecular Hbond substituents is 1. The second-order valence-electron chi connectivity index (χ2n) is 12.6. The summed E-state index contributed by atoms with van der Waals surface area (Å²) < 4.78 is 0. The Balaban J connectivity index is 1.23. The summed E-state index contributed by atoms with van der Waals surface area (Å²) in [5.74, 6) is 1.78. The van der Waals surface area contributed by atoms with Crippen LogP contribution in [-0.2, 0) is 0 Å². The molecule has 4 nitrogen and oxygen atoms in total. The SMILES string of the molecule is Oc1c(-c2cccc3ccccc23)ccc(-c2nc(-c3ccccc3)nc(-c3ccc(-c4cccc5ccccc45)cc3)n2)c1-c1ccccc1. The molecule has 0 atom stereocenters. The smallest absolute Gasteiger partial charge is 0.164 e. The van der Waals surface area contributed by atoms with Gasteiger partial charge in [-0.05, 0) is 55.9 Å². The van der Waals surface area contributed by atoms with E-state index in [0.29, 0.717) is 23.0 Å². The van der Waals surface area contributed by atoms with Gasteiger partial charge in [-0.3, -0.25) is 0 Å². The second kappa shape index (κ2) is 12.8. The minimum Gasteiger partial charge on any atom is -0.507 e. The quantitative estimate of drug-likeness (QED) is 0.194. The first kappa shape index (κ1) is 30.2. The van der Waals surface area contributed by atoms with E-state index in [1.54, 1.807) is 0 Å². The number of nitrogens with zero attached hydrogens (tertiary/aromatic N) is 3. The van der Waals surface area contributed by atoms with E-state index in [1.807, 2.05) is 91.0 Å². The third-order valence-electron chi connectivity index (χ3n) is 9.47. The molecular weight excluding hydrogens is 623 g/mol. The van der Waals surface area contributed by atoms with Crippen LogP contribution in [0.15, 0.2) is 182 Å². The predicted molar refractivity (Wildman–Crippen MR) is 209 cm³/mol. The molecule has 8 aromatic carbocycles. The molecule has 0 saturated carbocycles. The van der Waals surface area contributed by atoms with Gasteiger partial charge in [-0.1, -0.05) is 170 Å². The fourth-order valence-electron chi connectivity index (χ4n) is 6.97. The molecule has 0 unspecified atom stereocenters. The fourth-order valence-corrected chi connectivity index (χ4v) is 6.97. The Morgan fingerprint density at radius 1 is 0.294 bits per heavy atom. The lowest BCUT2D eigenvalue weighted by atomic mass is 9.90. The van der Waals surface area contributed by atoms with Gasteiger partial charge in [-0.25, -0.2) is 15.0 Å². The van der Waals surface area contributed by atoms with Gasteiger partial charge in [0.15, 0.2) is 17.5 Å². The highest BCUT2D eigenvalue weighted by molar-refractivity contribution is 6.01. The first-order valence-electron chi connectivity index (χ1n) is 17.0. The summed E-state index contributed by atoms with van der Waals surface area (Å²) in [5.41, 5.74) is 8.01. The summed E-state index contributed by atoms with van der Waals surface area (Å²) in [4.78, 5) is 15.1. The number of aromatic hydroxyl groups is 1. The van der Waals surface area contributed by atoms with Crippen molar-refractivity contribution in [2.75, 3.05) is 0 Å². The van der Waals surface area contributed by atoms with Crippen molar-refractivity contribution in [3.05, 3.63) is 182 Å². The number of hydrogen-bond donors (Lipinski definition) is 1. The van der Waals surface area contributed by atoms with Crippen LogP contribution in [0.5, 0.6) is 5.75 Å². The number of hydrogen-bond acceptors (Lipinski definition) is 4. The third kappa shape index (κ3) is 5.59. The molecule has 9 aromatic rings. The minimum absolute atomic E-state index is 0.178. The molecule has 51 heavy (non-hydrogen) atoms. The number of phenols is 1. The van der Waals surface area contributed by atoms with E-state index in [1.165, 1.54) is 16.3 Å². The van der Waals surface area contributed by atoms with E-state index in [-0.39, 0.29) is 5.75 Å². The summed E-state index contributed by atoms with van der Waals surface area (Å²) >= 11 is 0. The molecule has 0 amide bonds. The summed E-state index contributed by atoms with van der Waals surface area (Å²) in [6.07, 6.45) is 0. The van der Waals surface area contributed by atoms with Crippen LogP contribution >= 0.6 is 0 Å². The molecule has 0 radical (unpaired) electrons. The predicted octanol–water partition coefficient (Wildman–Crippen LogP) is 11.9. The van der Waals surface area contributed by atoms with Crippen LogP contribution in [0.2, 0.25) is 0 Å². The summed E-state index contributed by atoms with van der Waals surface area (Å²) in [7, 11) is 0. The standard InChI is InChI=1S/C47H31N3O/c51-44-41(40-24-12-20-32-14-8-10-22-39(32)40)29-30-42(43(44)34-15-3-1-4-16-34)47-49-45(35-17-5-2-6-18-35)48-46(50-47)36-27-25-33(26-28-36)38-23-11-19-31-13-7-9-21-37(31)38/h1-30,51H. The van der Waals surface area contributed by atoms with Crippen LogP contribution in [0.1, 0.15) is 0 Å². The van der Waals surface area contributed by atoms with E-state index in [0.717, 1.165) is 49.7 Å². The molecule has 0 saturated heterocycles. The normalized spacial score (nSPS) is 11.2. The maximum Gasteiger partial charge on any atom is 0.164 e. The molecule has 1 aromatic heterocycles. The maximum atomic E-state index is 12.2. The molecule has 0 fully saturated rings. The molecule has 240 valence electrons. The molecule has 1 N–H and O–H groups in total. The van der Waals surface area contributed by atoms with Crippen LogP contribution in [-0.4, -0.2) is 20.1 Å². The molecule has 0 aliphatic rings. The van der Waals surface area contributed by atoms with Gasteiger partial charge in [0.1, 0.15) is 5.75 Å². The van der Waals surface area contributed by atoms with E-state index in [2.05, 4.69) is 91.0 Å². The van der Waals surface area contributed by atoms with Crippen LogP contribution in [0.4, 0.5) is 0 Å². The molecule has 1 heterocycles. The Labute approximate surface area is 296 Å². The Morgan fingerprint density at radius 2 is 0.745 bits per heavy atom. The summed E-state index contributed by atoms with van der Waals surface area (Å²) in [6.45, 7) is 0. The van der Waals surface area contributed by atoms with E-state index < -0.39 is 0 Å². The maximum absolute atomic E-state index is 12.2. The highest BCUT2D eigenvalue weighted by Gasteiger charge is 2.22. The number of aromatic nitrogens is 3. The summed E-state index contributed by atoms with van der Waals surface area (Å²) in [6, 6.07) is 61.6. The van der Waals surface area contributed by atoms with Gasteiger partial charge in [-0.2, -0.15) is 0 Å². The molecule has 0 bridgehead atoms. The Morgan fingerprint density at radius 3 is 1.39 bits per heavy atom. The van der Waals surface area contributed by atoms with Crippen molar-refractivity contribution >= 4 is 21.5 Å². The van der Waals surface area contributed by atoms with Gasteiger partial charge < -0.3 is 5.11 Å². The fraction of sp³-hybridized carbons (Fsp3) is 0. The van der Waals surface area contributed by atoms with Gasteiger partial charge >= 0.3 is 0 Å². The topological polar surface area (TPSA) is 58.9 Å². The molecule has 4 heteroatoms. The first-order valence-corrected chi connectivity index (χ1v) is 17.0. The first-order chi connectivity index (χ1) is 25.2. The lowest BCUT2D eigenvalue weighted by molar-refractivity contribution is 0.479. The minimum atomic E-state index is 0.178. The van der Waals surface area contributed by atoms with Crippen molar-refractivity contribution in [3.8, 4) is 73.3 Å². The van der Waals surface area contributed by atoms with Gasteiger partial charge in [0.05, 0.1) is 0 Å². The van der Waals surface area contributed by atoms with Gasteiger partial charge in [0, 0.05) is 27.8 Å². The van der Waals surface area contributed by atoms with E-state index in [4.69, 9.17) is 15.0 Å². The number of rotatable bonds is 6. The van der Waals surface area contributed by atoms with Crippen molar-refractivity contribution < 1.29 is 5.11 Å². The zero-order chi connectivity index (χ0) is 34.1. The molecule has 0 spiro atoms. The van der Waals surface area contributed by atoms with Crippen molar-refractivity contribution in [3.63, 3.8) is 0 Å². The summed E-state index contributed by atoms with van der Waals surface area (Å²) in [5, 5.41) is 16.8. The molecule has 9 rings (SSSR count). The van der Waals surface area contributed by atoms with Crippen LogP contribution in [0.3, 0.4) is 0 Å².